The minimum absolute atomic E-state index is 0.174. The highest BCUT2D eigenvalue weighted by Crippen LogP contribution is 2.16. The largest absolute Gasteiger partial charge is 0.481 e. The second-order valence-corrected chi connectivity index (χ2v) is 13.1. The first kappa shape index (κ1) is 51.4. The molecular weight excluding hydrogens is 634 g/mol. The van der Waals surface area contributed by atoms with E-state index in [4.69, 9.17) is 25.8 Å². The third-order valence-corrected chi connectivity index (χ3v) is 8.31. The van der Waals surface area contributed by atoms with E-state index >= 15 is 0 Å². The molecule has 0 rings (SSSR count). The zero-order valence-electron chi connectivity index (χ0n) is 31.9. The molecule has 292 valence electrons. The lowest BCUT2D eigenvalue weighted by Gasteiger charge is -2.07. The van der Waals surface area contributed by atoms with Crippen LogP contribution in [-0.2, 0) is 23.9 Å². The molecule has 0 aliphatic rings. The van der Waals surface area contributed by atoms with E-state index in [1.54, 1.807) is 0 Å². The van der Waals surface area contributed by atoms with Crippen molar-refractivity contribution in [2.45, 2.75) is 187 Å². The molecule has 0 aromatic carbocycles. The number of rotatable bonds is 34. The van der Waals surface area contributed by atoms with Crippen LogP contribution in [0.25, 0.3) is 0 Å². The molecule has 50 heavy (non-hydrogen) atoms. The molecule has 0 saturated carbocycles. The smallest absolute Gasteiger partial charge is 0.333 e. The second kappa shape index (κ2) is 42.2. The molecule has 0 unspecified atom stereocenters. The van der Waals surface area contributed by atoms with Crippen molar-refractivity contribution in [3.8, 4) is 0 Å². The van der Waals surface area contributed by atoms with E-state index in [2.05, 4.69) is 26.7 Å². The minimum atomic E-state index is -0.981. The third-order valence-electron chi connectivity index (χ3n) is 8.31. The molecule has 0 spiro atoms. The van der Waals surface area contributed by atoms with Crippen LogP contribution in [0.15, 0.2) is 37.0 Å². The van der Waals surface area contributed by atoms with E-state index in [0.29, 0.717) is 31.6 Å². The first-order valence-electron chi connectivity index (χ1n) is 19.6. The van der Waals surface area contributed by atoms with E-state index < -0.39 is 17.9 Å². The van der Waals surface area contributed by atoms with E-state index in [-0.39, 0.29) is 11.5 Å². The maximum absolute atomic E-state index is 12.1. The molecule has 9 heteroatoms. The Bertz CT molecular complexity index is 871. The van der Waals surface area contributed by atoms with Crippen molar-refractivity contribution < 1.29 is 39.2 Å². The summed E-state index contributed by atoms with van der Waals surface area (Å²) in [4.78, 5) is 41.7. The van der Waals surface area contributed by atoms with E-state index in [1.807, 2.05) is 0 Å². The van der Waals surface area contributed by atoms with Crippen molar-refractivity contribution in [2.24, 2.45) is 5.73 Å². The number of ether oxygens (including phenoxy) is 1. The molecule has 0 radical (unpaired) electrons. The number of hydrogen-bond acceptors (Lipinski definition) is 6. The van der Waals surface area contributed by atoms with Crippen LogP contribution in [0, 0.1) is 0 Å². The fourth-order valence-corrected chi connectivity index (χ4v) is 5.15. The highest BCUT2D eigenvalue weighted by Gasteiger charge is 2.08. The zero-order valence-corrected chi connectivity index (χ0v) is 31.9. The number of carboxylic acid groups (broad SMARTS) is 3. The Balaban J connectivity index is -0.00000142. The summed E-state index contributed by atoms with van der Waals surface area (Å²) in [6.07, 6.45) is 33.6. The van der Waals surface area contributed by atoms with E-state index in [1.165, 1.54) is 128 Å². The van der Waals surface area contributed by atoms with Gasteiger partial charge in [-0.2, -0.15) is 0 Å². The zero-order chi connectivity index (χ0) is 38.1. The van der Waals surface area contributed by atoms with Gasteiger partial charge in [0.05, 0.1) is 6.61 Å². The lowest BCUT2D eigenvalue weighted by molar-refractivity contribution is -0.139. The molecule has 0 amide bonds. The van der Waals surface area contributed by atoms with Gasteiger partial charge in [0.2, 0.25) is 0 Å². The first-order chi connectivity index (χ1) is 24.0. The number of hydrogen-bond donors (Lipinski definition) is 4. The summed E-state index contributed by atoms with van der Waals surface area (Å²) >= 11 is 0. The number of aliphatic carboxylic acids is 3. The molecular formula is C41H75NO8. The van der Waals surface area contributed by atoms with Gasteiger partial charge in [-0.15, -0.1) is 0 Å². The van der Waals surface area contributed by atoms with Gasteiger partial charge < -0.3 is 25.8 Å². The Morgan fingerprint density at radius 3 is 1.18 bits per heavy atom. The Hall–Kier alpha value is -2.94. The van der Waals surface area contributed by atoms with Crippen LogP contribution < -0.4 is 5.73 Å². The van der Waals surface area contributed by atoms with Gasteiger partial charge in [-0.25, -0.2) is 14.4 Å². The molecule has 0 aromatic rings. The fraction of sp³-hybridized carbons (Fsp3) is 0.756. The van der Waals surface area contributed by atoms with Crippen LogP contribution in [0.3, 0.4) is 0 Å². The topological polar surface area (TPSA) is 164 Å². The monoisotopic (exact) mass is 710 g/mol. The molecule has 0 aliphatic carbocycles. The molecule has 0 fully saturated rings. The lowest BCUT2D eigenvalue weighted by Crippen LogP contribution is -2.08. The van der Waals surface area contributed by atoms with Crippen LogP contribution in [0.2, 0.25) is 0 Å². The van der Waals surface area contributed by atoms with Crippen molar-refractivity contribution in [1.29, 1.82) is 0 Å². The van der Waals surface area contributed by atoms with Crippen LogP contribution in [0.1, 0.15) is 187 Å². The normalized spacial score (nSPS) is 10.2. The molecule has 0 heterocycles. The third kappa shape index (κ3) is 47.2. The average Bonchev–Trinajstić information content (AvgIpc) is 3.08. The predicted octanol–water partition coefficient (Wildman–Crippen LogP) is 11.0. The predicted molar refractivity (Wildman–Crippen MR) is 206 cm³/mol. The van der Waals surface area contributed by atoms with Crippen LogP contribution >= 0.6 is 0 Å². The summed E-state index contributed by atoms with van der Waals surface area (Å²) in [5.41, 5.74) is 5.86. The van der Waals surface area contributed by atoms with Crippen LogP contribution in [-0.4, -0.2) is 52.3 Å². The van der Waals surface area contributed by atoms with Gasteiger partial charge >= 0.3 is 23.9 Å². The van der Waals surface area contributed by atoms with Crippen molar-refractivity contribution in [1.82, 2.24) is 0 Å². The lowest BCUT2D eigenvalue weighted by atomic mass is 10.0. The van der Waals surface area contributed by atoms with Gasteiger partial charge in [0, 0.05) is 23.6 Å². The standard InChI is InChI=1S/C33H62O4.C5H9NO2.C3H4O2/c1-3-4-5-6-7-8-18-21-24-27-30-37-33(36)31(2)28-25-22-19-16-14-12-10-9-11-13-15-17-20-23-26-29-32(34)35;1-4(2-3-6)5(7)8;1-2-3(4)5/h2-30H2,1H3,(H,34,35);1-3,6H2,(H,7,8);2H,1H2,(H,4,5). The molecule has 9 nitrogen and oxygen atoms in total. The average molecular weight is 710 g/mol. The van der Waals surface area contributed by atoms with Crippen molar-refractivity contribution >= 4 is 23.9 Å². The molecule has 5 N–H and O–H groups in total. The van der Waals surface area contributed by atoms with Gasteiger partial charge in [0.1, 0.15) is 0 Å². The second-order valence-electron chi connectivity index (χ2n) is 13.1. The molecule has 0 saturated heterocycles. The van der Waals surface area contributed by atoms with E-state index in [9.17, 15) is 19.2 Å². The van der Waals surface area contributed by atoms with Gasteiger partial charge in [-0.1, -0.05) is 168 Å². The van der Waals surface area contributed by atoms with Crippen molar-refractivity contribution in [2.75, 3.05) is 13.2 Å². The van der Waals surface area contributed by atoms with Gasteiger partial charge in [0.25, 0.3) is 0 Å². The summed E-state index contributed by atoms with van der Waals surface area (Å²) in [5, 5.41) is 24.4. The molecule has 0 atom stereocenters. The Morgan fingerprint density at radius 1 is 0.540 bits per heavy atom. The molecule has 0 bridgehead atoms. The summed E-state index contributed by atoms with van der Waals surface area (Å²) in [5.74, 6) is -2.80. The Morgan fingerprint density at radius 2 is 0.880 bits per heavy atom. The molecule has 0 aromatic heterocycles. The summed E-state index contributed by atoms with van der Waals surface area (Å²) in [6.45, 7) is 13.3. The number of nitrogens with two attached hydrogens (primary N) is 1. The van der Waals surface area contributed by atoms with Crippen molar-refractivity contribution in [3.63, 3.8) is 0 Å². The first-order valence-corrected chi connectivity index (χ1v) is 19.6. The number of esters is 1. The number of carbonyl (C=O) groups is 4. The number of unbranched alkanes of at least 4 members (excludes halogenated alkanes) is 23. The summed E-state index contributed by atoms with van der Waals surface area (Å²) in [6, 6.07) is 0. The summed E-state index contributed by atoms with van der Waals surface area (Å²) in [7, 11) is 0. The van der Waals surface area contributed by atoms with Gasteiger partial charge in [-0.3, -0.25) is 4.79 Å². The highest BCUT2D eigenvalue weighted by atomic mass is 16.5. The molecule has 0 aliphatic heterocycles. The van der Waals surface area contributed by atoms with Crippen molar-refractivity contribution in [3.05, 3.63) is 37.0 Å². The van der Waals surface area contributed by atoms with Gasteiger partial charge in [-0.05, 0) is 38.6 Å². The SMILES string of the molecule is C=C(CCCCCCCCCCCCCCCCCC(=O)O)C(=O)OCCCCCCCCCCCC.C=C(CCN)C(=O)O.C=CC(=O)O. The van der Waals surface area contributed by atoms with E-state index in [0.717, 1.165) is 44.6 Å². The number of carboxylic acids is 3. The fourth-order valence-electron chi connectivity index (χ4n) is 5.15. The van der Waals surface area contributed by atoms with Crippen LogP contribution in [0.5, 0.6) is 0 Å². The maximum Gasteiger partial charge on any atom is 0.333 e. The van der Waals surface area contributed by atoms with Gasteiger partial charge in [0.15, 0.2) is 0 Å². The highest BCUT2D eigenvalue weighted by molar-refractivity contribution is 5.87. The Labute approximate surface area is 305 Å². The quantitative estimate of drug-likeness (QED) is 0.0289. The van der Waals surface area contributed by atoms with Crippen LogP contribution in [0.4, 0.5) is 0 Å². The number of carbonyl (C=O) groups excluding carboxylic acids is 1. The Kier molecular flexibility index (Phi) is 43.4. The summed E-state index contributed by atoms with van der Waals surface area (Å²) < 4.78 is 5.41. The maximum atomic E-state index is 12.1. The minimum Gasteiger partial charge on any atom is -0.481 e.